The zero-order valence-electron chi connectivity index (χ0n) is 10.5. The Morgan fingerprint density at radius 1 is 1.53 bits per heavy atom. The average Bonchev–Trinajstić information content (AvgIpc) is 2.69. The number of rotatable bonds is 2. The number of nitrogens with two attached hydrogens (primary N) is 1. The van der Waals surface area contributed by atoms with Gasteiger partial charge in [-0.05, 0) is 18.8 Å². The molecule has 0 spiro atoms. The number of hydrogen-bond acceptors (Lipinski definition) is 3. The van der Waals surface area contributed by atoms with E-state index in [2.05, 4.69) is 5.32 Å². The number of piperidine rings is 1. The Balaban J connectivity index is 2.10. The molecule has 2 saturated heterocycles. The van der Waals surface area contributed by atoms with E-state index >= 15 is 0 Å². The molecule has 0 bridgehead atoms. The summed E-state index contributed by atoms with van der Waals surface area (Å²) in [4.78, 5) is 25.7. The monoisotopic (exact) mass is 239 g/mol. The normalized spacial score (nSPS) is 30.1. The summed E-state index contributed by atoms with van der Waals surface area (Å²) < 4.78 is 0. The summed E-state index contributed by atoms with van der Waals surface area (Å²) in [6.07, 6.45) is 1.78. The van der Waals surface area contributed by atoms with E-state index in [9.17, 15) is 9.59 Å². The Bertz CT molecular complexity index is 330. The summed E-state index contributed by atoms with van der Waals surface area (Å²) in [5.74, 6) is 0.192. The van der Waals surface area contributed by atoms with Crippen molar-refractivity contribution in [3.05, 3.63) is 0 Å². The molecule has 0 radical (unpaired) electrons. The van der Waals surface area contributed by atoms with Crippen LogP contribution in [0.25, 0.3) is 0 Å². The van der Waals surface area contributed by atoms with Crippen LogP contribution < -0.4 is 11.1 Å². The van der Waals surface area contributed by atoms with E-state index in [1.807, 2.05) is 18.7 Å². The van der Waals surface area contributed by atoms with Crippen LogP contribution in [0.1, 0.15) is 26.7 Å². The number of nitrogens with one attached hydrogen (secondary N) is 1. The SMILES string of the molecule is CC(C)[C@H](N)C(=O)N1CCCC2C(=O)NCC21. The van der Waals surface area contributed by atoms with Gasteiger partial charge in [0.05, 0.1) is 18.0 Å². The molecule has 3 N–H and O–H groups in total. The average molecular weight is 239 g/mol. The molecule has 0 aromatic carbocycles. The highest BCUT2D eigenvalue weighted by atomic mass is 16.2. The topological polar surface area (TPSA) is 75.4 Å². The zero-order chi connectivity index (χ0) is 12.6. The van der Waals surface area contributed by atoms with Gasteiger partial charge in [-0.1, -0.05) is 13.8 Å². The molecule has 2 heterocycles. The largest absolute Gasteiger partial charge is 0.354 e. The van der Waals surface area contributed by atoms with Crippen molar-refractivity contribution in [3.63, 3.8) is 0 Å². The van der Waals surface area contributed by atoms with Gasteiger partial charge in [-0.25, -0.2) is 0 Å². The number of carbonyl (C=O) groups excluding carboxylic acids is 2. The smallest absolute Gasteiger partial charge is 0.240 e. The summed E-state index contributed by atoms with van der Waals surface area (Å²) in [5, 5.41) is 2.84. The second-order valence-electron chi connectivity index (χ2n) is 5.36. The van der Waals surface area contributed by atoms with E-state index < -0.39 is 6.04 Å². The van der Waals surface area contributed by atoms with Crippen molar-refractivity contribution in [2.45, 2.75) is 38.8 Å². The van der Waals surface area contributed by atoms with Gasteiger partial charge in [0.15, 0.2) is 0 Å². The molecule has 2 amide bonds. The third-order valence-corrected chi connectivity index (χ3v) is 3.89. The van der Waals surface area contributed by atoms with Crippen molar-refractivity contribution < 1.29 is 9.59 Å². The Labute approximate surface area is 102 Å². The third-order valence-electron chi connectivity index (χ3n) is 3.89. The molecule has 2 unspecified atom stereocenters. The zero-order valence-corrected chi connectivity index (χ0v) is 10.5. The van der Waals surface area contributed by atoms with Gasteiger partial charge < -0.3 is 16.0 Å². The molecule has 0 aromatic rings. The van der Waals surface area contributed by atoms with Crippen LogP contribution in [-0.4, -0.2) is 41.9 Å². The number of carbonyl (C=O) groups is 2. The lowest BCUT2D eigenvalue weighted by atomic mass is 9.90. The molecular formula is C12H21N3O2. The second-order valence-corrected chi connectivity index (χ2v) is 5.36. The Hall–Kier alpha value is -1.10. The van der Waals surface area contributed by atoms with Crippen LogP contribution in [0.15, 0.2) is 0 Å². The molecule has 0 saturated carbocycles. The lowest BCUT2D eigenvalue weighted by Crippen LogP contribution is -2.55. The first-order chi connectivity index (χ1) is 8.02. The molecule has 3 atom stereocenters. The van der Waals surface area contributed by atoms with Crippen LogP contribution in [0, 0.1) is 11.8 Å². The van der Waals surface area contributed by atoms with Crippen molar-refractivity contribution in [1.29, 1.82) is 0 Å². The highest BCUT2D eigenvalue weighted by Gasteiger charge is 2.43. The van der Waals surface area contributed by atoms with Gasteiger partial charge in [-0.15, -0.1) is 0 Å². The van der Waals surface area contributed by atoms with E-state index in [0.29, 0.717) is 6.54 Å². The van der Waals surface area contributed by atoms with Gasteiger partial charge in [-0.2, -0.15) is 0 Å². The second kappa shape index (κ2) is 4.64. The van der Waals surface area contributed by atoms with Crippen LogP contribution in [0.2, 0.25) is 0 Å². The van der Waals surface area contributed by atoms with Crippen LogP contribution in [0.3, 0.4) is 0 Å². The van der Waals surface area contributed by atoms with Crippen molar-refractivity contribution in [3.8, 4) is 0 Å². The summed E-state index contributed by atoms with van der Waals surface area (Å²) in [6, 6.07) is -0.432. The molecule has 2 fully saturated rings. The van der Waals surface area contributed by atoms with E-state index in [-0.39, 0.29) is 29.7 Å². The first kappa shape index (κ1) is 12.4. The Morgan fingerprint density at radius 2 is 2.24 bits per heavy atom. The number of amides is 2. The van der Waals surface area contributed by atoms with Gasteiger partial charge >= 0.3 is 0 Å². The molecule has 2 aliphatic rings. The van der Waals surface area contributed by atoms with Gasteiger partial charge in [0.1, 0.15) is 0 Å². The van der Waals surface area contributed by atoms with E-state index in [1.54, 1.807) is 0 Å². The molecule has 5 nitrogen and oxygen atoms in total. The fourth-order valence-electron chi connectivity index (χ4n) is 2.70. The summed E-state index contributed by atoms with van der Waals surface area (Å²) >= 11 is 0. The maximum Gasteiger partial charge on any atom is 0.240 e. The maximum absolute atomic E-state index is 12.3. The summed E-state index contributed by atoms with van der Waals surface area (Å²) in [7, 11) is 0. The quantitative estimate of drug-likeness (QED) is 0.695. The van der Waals surface area contributed by atoms with E-state index in [1.165, 1.54) is 0 Å². The van der Waals surface area contributed by atoms with E-state index in [4.69, 9.17) is 5.73 Å². The maximum atomic E-state index is 12.3. The van der Waals surface area contributed by atoms with Crippen molar-refractivity contribution in [2.24, 2.45) is 17.6 Å². The number of nitrogens with zero attached hydrogens (tertiary/aromatic N) is 1. The lowest BCUT2D eigenvalue weighted by molar-refractivity contribution is -0.138. The molecule has 0 aliphatic carbocycles. The highest BCUT2D eigenvalue weighted by molar-refractivity contribution is 5.86. The van der Waals surface area contributed by atoms with Crippen LogP contribution in [0.5, 0.6) is 0 Å². The first-order valence-electron chi connectivity index (χ1n) is 6.36. The Morgan fingerprint density at radius 3 is 2.88 bits per heavy atom. The summed E-state index contributed by atoms with van der Waals surface area (Å²) in [6.45, 7) is 5.21. The molecular weight excluding hydrogens is 218 g/mol. The molecule has 0 aromatic heterocycles. The van der Waals surface area contributed by atoms with Crippen LogP contribution >= 0.6 is 0 Å². The summed E-state index contributed by atoms with van der Waals surface area (Å²) in [5.41, 5.74) is 5.91. The minimum absolute atomic E-state index is 0.00815. The molecule has 2 aliphatic heterocycles. The predicted molar refractivity (Wildman–Crippen MR) is 64.0 cm³/mol. The van der Waals surface area contributed by atoms with Crippen LogP contribution in [-0.2, 0) is 9.59 Å². The minimum Gasteiger partial charge on any atom is -0.354 e. The van der Waals surface area contributed by atoms with Gasteiger partial charge in [-0.3, -0.25) is 9.59 Å². The molecule has 2 rings (SSSR count). The fraction of sp³-hybridized carbons (Fsp3) is 0.833. The molecule has 96 valence electrons. The van der Waals surface area contributed by atoms with Gasteiger partial charge in [0, 0.05) is 13.1 Å². The van der Waals surface area contributed by atoms with Crippen molar-refractivity contribution in [2.75, 3.05) is 13.1 Å². The Kier molecular flexibility index (Phi) is 3.38. The van der Waals surface area contributed by atoms with E-state index in [0.717, 1.165) is 19.4 Å². The van der Waals surface area contributed by atoms with Crippen LogP contribution in [0.4, 0.5) is 0 Å². The predicted octanol–water partition coefficient (Wildman–Crippen LogP) is -0.293. The van der Waals surface area contributed by atoms with Gasteiger partial charge in [0.25, 0.3) is 0 Å². The standard InChI is InChI=1S/C12H21N3O2/c1-7(2)10(13)12(17)15-5-3-4-8-9(15)6-14-11(8)16/h7-10H,3-6,13H2,1-2H3,(H,14,16)/t8?,9?,10-/m0/s1. The first-order valence-corrected chi connectivity index (χ1v) is 6.36. The lowest BCUT2D eigenvalue weighted by Gasteiger charge is -2.37. The van der Waals surface area contributed by atoms with Crippen molar-refractivity contribution in [1.82, 2.24) is 10.2 Å². The van der Waals surface area contributed by atoms with Gasteiger partial charge in [0.2, 0.25) is 11.8 Å². The number of likely N-dealkylation sites (tertiary alicyclic amines) is 1. The number of fused-ring (bicyclic) bond motifs is 1. The third kappa shape index (κ3) is 2.16. The molecule has 5 heteroatoms. The fourth-order valence-corrected chi connectivity index (χ4v) is 2.70. The van der Waals surface area contributed by atoms with Crippen molar-refractivity contribution >= 4 is 11.8 Å². The number of hydrogen-bond donors (Lipinski definition) is 2. The highest BCUT2D eigenvalue weighted by Crippen LogP contribution is 2.28. The minimum atomic E-state index is -0.454. The molecule has 17 heavy (non-hydrogen) atoms.